The van der Waals surface area contributed by atoms with E-state index >= 15 is 0 Å². The maximum Gasteiger partial charge on any atom is 0.338 e. The number of non-ortho nitro benzene ring substituents is 1. The molecule has 0 saturated carbocycles. The number of methoxy groups -OCH3 is 1. The van der Waals surface area contributed by atoms with Gasteiger partial charge >= 0.3 is 5.97 Å². The fraction of sp³-hybridized carbons (Fsp3) is 0.0714. The lowest BCUT2D eigenvalue weighted by molar-refractivity contribution is -0.384. The van der Waals surface area contributed by atoms with Crippen molar-refractivity contribution in [3.05, 3.63) is 70.3 Å². The topological polar surface area (TPSA) is 69.4 Å². The van der Waals surface area contributed by atoms with Crippen LogP contribution in [0.3, 0.4) is 0 Å². The molecule has 2 rings (SSSR count). The van der Waals surface area contributed by atoms with Crippen molar-refractivity contribution in [2.24, 2.45) is 0 Å². The van der Waals surface area contributed by atoms with E-state index in [1.54, 1.807) is 0 Å². The summed E-state index contributed by atoms with van der Waals surface area (Å²) < 4.78 is 4.41. The number of hydrogen-bond acceptors (Lipinski definition) is 5. The zero-order chi connectivity index (χ0) is 15.0. The van der Waals surface area contributed by atoms with Gasteiger partial charge in [-0.3, -0.25) is 10.1 Å². The molecular formula is C14H13NO4S. The average molecular weight is 291 g/mol. The fourth-order valence-corrected chi connectivity index (χ4v) is 1.46. The molecule has 0 amide bonds. The van der Waals surface area contributed by atoms with Crippen LogP contribution in [0.2, 0.25) is 0 Å². The highest BCUT2D eigenvalue weighted by molar-refractivity contribution is 7.80. The Labute approximate surface area is 121 Å². The number of nitro groups is 1. The Morgan fingerprint density at radius 2 is 1.80 bits per heavy atom. The summed E-state index contributed by atoms with van der Waals surface area (Å²) in [6, 6.07) is 15.2. The van der Waals surface area contributed by atoms with Gasteiger partial charge in [-0.15, -0.1) is 12.6 Å². The molecule has 104 valence electrons. The van der Waals surface area contributed by atoms with Crippen LogP contribution in [0.25, 0.3) is 0 Å². The first-order valence-electron chi connectivity index (χ1n) is 5.61. The Morgan fingerprint density at radius 1 is 1.15 bits per heavy atom. The zero-order valence-corrected chi connectivity index (χ0v) is 11.6. The van der Waals surface area contributed by atoms with Crippen LogP contribution in [0.1, 0.15) is 10.4 Å². The quantitative estimate of drug-likeness (QED) is 0.398. The van der Waals surface area contributed by atoms with Gasteiger partial charge in [-0.25, -0.2) is 4.79 Å². The van der Waals surface area contributed by atoms with Crippen LogP contribution in [-0.2, 0) is 4.74 Å². The average Bonchev–Trinajstić information content (AvgIpc) is 2.48. The number of rotatable bonds is 2. The first-order valence-corrected chi connectivity index (χ1v) is 6.06. The van der Waals surface area contributed by atoms with Gasteiger partial charge in [-0.2, -0.15) is 0 Å². The van der Waals surface area contributed by atoms with Gasteiger partial charge in [0.25, 0.3) is 5.69 Å². The summed E-state index contributed by atoms with van der Waals surface area (Å²) in [5, 5.41) is 10.3. The van der Waals surface area contributed by atoms with E-state index in [9.17, 15) is 14.9 Å². The van der Waals surface area contributed by atoms with Gasteiger partial charge in [-0.1, -0.05) is 24.3 Å². The van der Waals surface area contributed by atoms with E-state index in [1.165, 1.54) is 31.4 Å². The monoisotopic (exact) mass is 291 g/mol. The van der Waals surface area contributed by atoms with E-state index in [2.05, 4.69) is 17.4 Å². The molecule has 0 radical (unpaired) electrons. The highest BCUT2D eigenvalue weighted by Gasteiger charge is 2.10. The second-order valence-corrected chi connectivity index (χ2v) is 4.15. The van der Waals surface area contributed by atoms with Crippen molar-refractivity contribution < 1.29 is 14.5 Å². The third-order valence-corrected chi connectivity index (χ3v) is 2.53. The van der Waals surface area contributed by atoms with Gasteiger partial charge in [0.1, 0.15) is 0 Å². The smallest absolute Gasteiger partial charge is 0.338 e. The summed E-state index contributed by atoms with van der Waals surface area (Å²) in [5.41, 5.74) is 0.0552. The summed E-state index contributed by atoms with van der Waals surface area (Å²) in [4.78, 5) is 21.7. The maximum absolute atomic E-state index is 10.9. The molecule has 0 spiro atoms. The fourth-order valence-electron chi connectivity index (χ4n) is 1.29. The van der Waals surface area contributed by atoms with Crippen LogP contribution in [0, 0.1) is 10.1 Å². The summed E-state index contributed by atoms with van der Waals surface area (Å²) in [5.74, 6) is -0.580. The summed E-state index contributed by atoms with van der Waals surface area (Å²) in [7, 11) is 1.22. The Bertz CT molecular complexity index is 587. The van der Waals surface area contributed by atoms with Crippen molar-refractivity contribution in [3.63, 3.8) is 0 Å². The standard InChI is InChI=1S/C8H7NO4.C6H6S/c1-13-8(10)6-3-2-4-7(5-6)9(11)12;7-6-4-2-1-3-5-6/h2-5H,1H3;1-5,7H. The van der Waals surface area contributed by atoms with Crippen LogP contribution < -0.4 is 0 Å². The van der Waals surface area contributed by atoms with Gasteiger partial charge < -0.3 is 4.74 Å². The lowest BCUT2D eigenvalue weighted by Gasteiger charge is -1.97. The van der Waals surface area contributed by atoms with Crippen LogP contribution in [0.15, 0.2) is 59.5 Å². The minimum Gasteiger partial charge on any atom is -0.465 e. The Kier molecular flexibility index (Phi) is 6.25. The van der Waals surface area contributed by atoms with E-state index in [1.807, 2.05) is 30.3 Å². The van der Waals surface area contributed by atoms with E-state index in [0.717, 1.165) is 4.90 Å². The molecule has 0 atom stereocenters. The Hall–Kier alpha value is -2.34. The molecule has 0 aliphatic rings. The molecule has 5 nitrogen and oxygen atoms in total. The number of carbonyl (C=O) groups is 1. The van der Waals surface area contributed by atoms with Crippen LogP contribution in [0.4, 0.5) is 5.69 Å². The van der Waals surface area contributed by atoms with Crippen molar-refractivity contribution in [2.75, 3.05) is 7.11 Å². The van der Waals surface area contributed by atoms with Gasteiger partial charge in [-0.05, 0) is 18.2 Å². The molecule has 0 bridgehead atoms. The number of nitro benzene ring substituents is 1. The molecule has 0 aliphatic carbocycles. The molecule has 6 heteroatoms. The number of hydrogen-bond donors (Lipinski definition) is 1. The van der Waals surface area contributed by atoms with Crippen molar-refractivity contribution in [3.8, 4) is 0 Å². The molecule has 0 fully saturated rings. The van der Waals surface area contributed by atoms with Gasteiger partial charge in [0, 0.05) is 17.0 Å². The van der Waals surface area contributed by atoms with Gasteiger partial charge in [0.2, 0.25) is 0 Å². The molecule has 0 saturated heterocycles. The van der Waals surface area contributed by atoms with E-state index in [0.29, 0.717) is 0 Å². The number of esters is 1. The number of carbonyl (C=O) groups excluding carboxylic acids is 1. The predicted molar refractivity (Wildman–Crippen MR) is 78.1 cm³/mol. The van der Waals surface area contributed by atoms with Crippen LogP contribution in [-0.4, -0.2) is 18.0 Å². The van der Waals surface area contributed by atoms with Crippen LogP contribution >= 0.6 is 12.6 Å². The zero-order valence-electron chi connectivity index (χ0n) is 10.7. The molecule has 0 N–H and O–H groups in total. The van der Waals surface area contributed by atoms with Crippen molar-refractivity contribution >= 4 is 24.3 Å². The molecule has 0 aromatic heterocycles. The maximum atomic E-state index is 10.9. The minimum absolute atomic E-state index is 0.122. The second kappa shape index (κ2) is 7.96. The summed E-state index contributed by atoms with van der Waals surface area (Å²) in [6.07, 6.45) is 0. The number of benzene rings is 2. The van der Waals surface area contributed by atoms with E-state index in [4.69, 9.17) is 0 Å². The number of thiol groups is 1. The lowest BCUT2D eigenvalue weighted by Crippen LogP contribution is -2.01. The predicted octanol–water partition coefficient (Wildman–Crippen LogP) is 3.36. The lowest BCUT2D eigenvalue weighted by atomic mass is 10.2. The third-order valence-electron chi connectivity index (χ3n) is 2.23. The molecule has 0 unspecified atom stereocenters. The van der Waals surface area contributed by atoms with E-state index in [-0.39, 0.29) is 11.3 Å². The molecule has 2 aromatic rings. The molecule has 2 aromatic carbocycles. The molecule has 0 aliphatic heterocycles. The van der Waals surface area contributed by atoms with Crippen molar-refractivity contribution in [1.29, 1.82) is 0 Å². The largest absolute Gasteiger partial charge is 0.465 e. The highest BCUT2D eigenvalue weighted by Crippen LogP contribution is 2.13. The second-order valence-electron chi connectivity index (χ2n) is 3.63. The van der Waals surface area contributed by atoms with Crippen LogP contribution in [0.5, 0.6) is 0 Å². The van der Waals surface area contributed by atoms with Crippen molar-refractivity contribution in [1.82, 2.24) is 0 Å². The SMILES string of the molecule is COC(=O)c1cccc([N+](=O)[O-])c1.Sc1ccccc1. The molecular weight excluding hydrogens is 278 g/mol. The van der Waals surface area contributed by atoms with Crippen molar-refractivity contribution in [2.45, 2.75) is 4.90 Å². The number of ether oxygens (including phenoxy) is 1. The number of nitrogens with zero attached hydrogens (tertiary/aromatic N) is 1. The summed E-state index contributed by atoms with van der Waals surface area (Å²) in [6.45, 7) is 0. The summed E-state index contributed by atoms with van der Waals surface area (Å²) >= 11 is 4.08. The van der Waals surface area contributed by atoms with Gasteiger partial charge in [0.05, 0.1) is 17.6 Å². The Balaban J connectivity index is 0.000000240. The van der Waals surface area contributed by atoms with E-state index < -0.39 is 10.9 Å². The minimum atomic E-state index is -0.580. The Morgan fingerprint density at radius 3 is 2.25 bits per heavy atom. The molecule has 0 heterocycles. The highest BCUT2D eigenvalue weighted by atomic mass is 32.1. The van der Waals surface area contributed by atoms with Gasteiger partial charge in [0.15, 0.2) is 0 Å². The third kappa shape index (κ3) is 5.11. The normalized spacial score (nSPS) is 9.10. The molecule has 20 heavy (non-hydrogen) atoms. The first-order chi connectivity index (χ1) is 9.54. The first kappa shape index (κ1) is 15.7.